The number of nitrogens with one attached hydrogen (secondary N) is 1. The van der Waals surface area contributed by atoms with Crippen LogP contribution in [0.4, 0.5) is 5.82 Å². The zero-order chi connectivity index (χ0) is 19.4. The predicted molar refractivity (Wildman–Crippen MR) is 101 cm³/mol. The number of benzene rings is 1. The lowest BCUT2D eigenvalue weighted by Gasteiger charge is -2.30. The average molecular weight is 363 g/mol. The Kier molecular flexibility index (Phi) is 5.36. The maximum absolute atomic E-state index is 12.5. The summed E-state index contributed by atoms with van der Waals surface area (Å²) in [5, 5.41) is 16.4. The number of piperidine rings is 1. The summed E-state index contributed by atoms with van der Waals surface area (Å²) in [7, 11) is 0. The molecule has 1 aliphatic heterocycles. The van der Waals surface area contributed by atoms with Crippen molar-refractivity contribution in [3.8, 4) is 11.8 Å². The third-order valence-electron chi connectivity index (χ3n) is 4.71. The van der Waals surface area contributed by atoms with E-state index in [0.29, 0.717) is 37.3 Å². The predicted octanol–water partition coefficient (Wildman–Crippen LogP) is 2.42. The number of nitrogens with zero attached hydrogens (tertiary/aromatic N) is 4. The molecule has 3 rings (SSSR count). The van der Waals surface area contributed by atoms with E-state index in [4.69, 9.17) is 5.26 Å². The minimum absolute atomic E-state index is 0.0869. The number of nitriles is 1. The fraction of sp³-hybridized carbons (Fsp3) is 0.300. The Bertz CT molecular complexity index is 917. The molecule has 0 spiro atoms. The average Bonchev–Trinajstić information content (AvgIpc) is 3.07. The summed E-state index contributed by atoms with van der Waals surface area (Å²) in [6.45, 7) is 6.49. The first kappa shape index (κ1) is 18.4. The van der Waals surface area contributed by atoms with Gasteiger partial charge in [0.15, 0.2) is 5.82 Å². The Labute approximate surface area is 157 Å². The zero-order valence-electron chi connectivity index (χ0n) is 15.2. The summed E-state index contributed by atoms with van der Waals surface area (Å²) >= 11 is 0. The van der Waals surface area contributed by atoms with Crippen molar-refractivity contribution in [3.63, 3.8) is 0 Å². The number of carbonyl (C=O) groups excluding carboxylic acids is 2. The van der Waals surface area contributed by atoms with Crippen molar-refractivity contribution in [2.24, 2.45) is 5.92 Å². The van der Waals surface area contributed by atoms with Gasteiger partial charge in [-0.1, -0.05) is 12.6 Å². The molecule has 2 aromatic rings. The Balaban J connectivity index is 1.67. The summed E-state index contributed by atoms with van der Waals surface area (Å²) in [5.74, 6) is 0.148. The number of aryl methyl sites for hydroxylation is 1. The van der Waals surface area contributed by atoms with E-state index in [2.05, 4.69) is 23.1 Å². The van der Waals surface area contributed by atoms with Crippen molar-refractivity contribution >= 4 is 17.6 Å². The van der Waals surface area contributed by atoms with Crippen molar-refractivity contribution in [1.82, 2.24) is 14.7 Å². The van der Waals surface area contributed by atoms with Crippen LogP contribution in [-0.2, 0) is 9.59 Å². The Hall–Kier alpha value is -3.40. The number of hydrogen-bond donors (Lipinski definition) is 1. The van der Waals surface area contributed by atoms with Gasteiger partial charge in [-0.15, -0.1) is 5.10 Å². The summed E-state index contributed by atoms with van der Waals surface area (Å²) < 4.78 is 1.70. The number of likely N-dealkylation sites (tertiary alicyclic amines) is 1. The minimum atomic E-state index is -0.147. The van der Waals surface area contributed by atoms with E-state index in [1.165, 1.54) is 6.08 Å². The first-order chi connectivity index (χ1) is 13.0. The van der Waals surface area contributed by atoms with Gasteiger partial charge in [-0.2, -0.15) is 5.26 Å². The first-order valence-electron chi connectivity index (χ1n) is 8.81. The van der Waals surface area contributed by atoms with Gasteiger partial charge in [0.2, 0.25) is 11.8 Å². The van der Waals surface area contributed by atoms with Gasteiger partial charge in [0.05, 0.1) is 17.3 Å². The Morgan fingerprint density at radius 3 is 2.74 bits per heavy atom. The van der Waals surface area contributed by atoms with Crippen LogP contribution >= 0.6 is 0 Å². The number of amides is 2. The lowest BCUT2D eigenvalue weighted by atomic mass is 9.96. The van der Waals surface area contributed by atoms with Crippen LogP contribution in [0.25, 0.3) is 5.69 Å². The molecule has 1 fully saturated rings. The molecule has 0 saturated carbocycles. The molecule has 138 valence electrons. The molecule has 1 aromatic heterocycles. The zero-order valence-corrected chi connectivity index (χ0v) is 15.2. The van der Waals surface area contributed by atoms with Gasteiger partial charge in [-0.3, -0.25) is 9.59 Å². The molecule has 0 unspecified atom stereocenters. The van der Waals surface area contributed by atoms with Crippen LogP contribution < -0.4 is 5.32 Å². The van der Waals surface area contributed by atoms with Gasteiger partial charge < -0.3 is 10.2 Å². The van der Waals surface area contributed by atoms with Crippen molar-refractivity contribution in [2.75, 3.05) is 18.4 Å². The fourth-order valence-corrected chi connectivity index (χ4v) is 3.22. The van der Waals surface area contributed by atoms with Crippen LogP contribution in [0.5, 0.6) is 0 Å². The van der Waals surface area contributed by atoms with E-state index in [9.17, 15) is 9.59 Å². The van der Waals surface area contributed by atoms with Gasteiger partial charge in [-0.25, -0.2) is 4.68 Å². The molecule has 1 saturated heterocycles. The molecule has 1 aliphatic rings. The molecule has 0 atom stereocenters. The van der Waals surface area contributed by atoms with Crippen LogP contribution in [0.3, 0.4) is 0 Å². The number of aromatic nitrogens is 2. The summed E-state index contributed by atoms with van der Waals surface area (Å²) in [4.78, 5) is 25.9. The van der Waals surface area contributed by atoms with Crippen molar-refractivity contribution in [2.45, 2.75) is 19.8 Å². The van der Waals surface area contributed by atoms with E-state index in [1.807, 2.05) is 13.0 Å². The summed E-state index contributed by atoms with van der Waals surface area (Å²) in [6.07, 6.45) is 2.54. The molecule has 2 amide bonds. The maximum Gasteiger partial charge on any atom is 0.245 e. The first-order valence-corrected chi connectivity index (χ1v) is 8.81. The van der Waals surface area contributed by atoms with Crippen molar-refractivity contribution in [3.05, 3.63) is 54.2 Å². The van der Waals surface area contributed by atoms with Gasteiger partial charge >= 0.3 is 0 Å². The standard InChI is InChI=1S/C20H21N5O2/c1-3-19(26)24-9-7-16(8-10-24)20(27)22-18-11-14(2)25(23-18)17-6-4-5-15(12-17)13-21/h3-6,11-12,16H,1,7-10H2,2H3,(H,22,23,27). The molecule has 0 radical (unpaired) electrons. The van der Waals surface area contributed by atoms with Crippen molar-refractivity contribution in [1.29, 1.82) is 5.26 Å². The van der Waals surface area contributed by atoms with Crippen LogP contribution in [-0.4, -0.2) is 39.6 Å². The Morgan fingerprint density at radius 2 is 2.07 bits per heavy atom. The van der Waals surface area contributed by atoms with E-state index in [-0.39, 0.29) is 17.7 Å². The number of anilines is 1. The van der Waals surface area contributed by atoms with Gasteiger partial charge in [-0.05, 0) is 44.0 Å². The maximum atomic E-state index is 12.5. The SMILES string of the molecule is C=CC(=O)N1CCC(C(=O)Nc2cc(C)n(-c3cccc(C#N)c3)n2)CC1. The fourth-order valence-electron chi connectivity index (χ4n) is 3.22. The quantitative estimate of drug-likeness (QED) is 0.845. The smallest absolute Gasteiger partial charge is 0.245 e. The largest absolute Gasteiger partial charge is 0.339 e. The highest BCUT2D eigenvalue weighted by Gasteiger charge is 2.27. The molecule has 1 N–H and O–H groups in total. The summed E-state index contributed by atoms with van der Waals surface area (Å²) in [5.41, 5.74) is 2.17. The highest BCUT2D eigenvalue weighted by Crippen LogP contribution is 2.21. The van der Waals surface area contributed by atoms with Gasteiger partial charge in [0.25, 0.3) is 0 Å². The molecule has 7 nitrogen and oxygen atoms in total. The molecular formula is C20H21N5O2. The number of carbonyl (C=O) groups is 2. The van der Waals surface area contributed by atoms with Crippen LogP contribution in [0.2, 0.25) is 0 Å². The number of hydrogen-bond acceptors (Lipinski definition) is 4. The highest BCUT2D eigenvalue weighted by molar-refractivity contribution is 5.92. The van der Waals surface area contributed by atoms with Gasteiger partial charge in [0, 0.05) is 30.8 Å². The monoisotopic (exact) mass is 363 g/mol. The molecule has 7 heteroatoms. The second kappa shape index (κ2) is 7.87. The molecular weight excluding hydrogens is 342 g/mol. The topological polar surface area (TPSA) is 91.0 Å². The normalized spacial score (nSPS) is 14.4. The second-order valence-electron chi connectivity index (χ2n) is 6.54. The lowest BCUT2D eigenvalue weighted by Crippen LogP contribution is -2.40. The highest BCUT2D eigenvalue weighted by atomic mass is 16.2. The third-order valence-corrected chi connectivity index (χ3v) is 4.71. The van der Waals surface area contributed by atoms with Crippen molar-refractivity contribution < 1.29 is 9.59 Å². The lowest BCUT2D eigenvalue weighted by molar-refractivity contribution is -0.130. The van der Waals surface area contributed by atoms with Crippen LogP contribution in [0.15, 0.2) is 43.0 Å². The molecule has 27 heavy (non-hydrogen) atoms. The molecule has 0 aliphatic carbocycles. The molecule has 0 bridgehead atoms. The molecule has 1 aromatic carbocycles. The van der Waals surface area contributed by atoms with Crippen LogP contribution in [0.1, 0.15) is 24.1 Å². The summed E-state index contributed by atoms with van der Waals surface area (Å²) in [6, 6.07) is 11.0. The molecule has 2 heterocycles. The van der Waals surface area contributed by atoms with Crippen LogP contribution in [0, 0.1) is 24.2 Å². The second-order valence-corrected chi connectivity index (χ2v) is 6.54. The van der Waals surface area contributed by atoms with E-state index < -0.39 is 0 Å². The van der Waals surface area contributed by atoms with E-state index in [0.717, 1.165) is 11.4 Å². The number of rotatable bonds is 4. The van der Waals surface area contributed by atoms with E-state index >= 15 is 0 Å². The van der Waals surface area contributed by atoms with E-state index in [1.54, 1.807) is 33.8 Å². The third kappa shape index (κ3) is 4.06. The minimum Gasteiger partial charge on any atom is -0.339 e. The Morgan fingerprint density at radius 1 is 1.33 bits per heavy atom. The van der Waals surface area contributed by atoms with Gasteiger partial charge in [0.1, 0.15) is 0 Å².